The molecule has 5 nitrogen and oxygen atoms in total. The number of hydrogen-bond donors (Lipinski definition) is 1. The van der Waals surface area contributed by atoms with E-state index in [0.29, 0.717) is 13.2 Å². The number of likely N-dealkylation sites (tertiary alicyclic amines) is 1. The number of unbranched alkanes of at least 4 members (excludes halogenated alkanes) is 12. The number of quaternary nitrogens is 1. The van der Waals surface area contributed by atoms with Crippen molar-refractivity contribution < 1.29 is 23.0 Å². The van der Waals surface area contributed by atoms with Crippen molar-refractivity contribution in [2.75, 3.05) is 39.9 Å². The molecule has 1 atom stereocenters. The molecule has 1 fully saturated rings. The zero-order valence-corrected chi connectivity index (χ0v) is 22.6. The number of hydrogen-bond acceptors (Lipinski definition) is 3. The van der Waals surface area contributed by atoms with E-state index >= 15 is 0 Å². The third-order valence-electron chi connectivity index (χ3n) is 6.96. The SMILES string of the molecule is CC(C)CCCCCCCCCCCCCCCOP(=O)(O)OCC[N+]1(C)CCCCC1. The van der Waals surface area contributed by atoms with Gasteiger partial charge in [0.2, 0.25) is 0 Å². The van der Waals surface area contributed by atoms with Gasteiger partial charge in [-0.3, -0.25) is 9.05 Å². The minimum absolute atomic E-state index is 0.294. The first-order chi connectivity index (χ1) is 15.3. The van der Waals surface area contributed by atoms with Crippen molar-refractivity contribution in [1.82, 2.24) is 0 Å². The standard InChI is InChI=1S/C26H54NO4P/c1-26(2)20-16-13-11-9-7-5-4-6-8-10-12-14-19-24-30-32(28,29)31-25-23-27(3)21-17-15-18-22-27/h26H,4-25H2,1-3H3/p+1. The average molecular weight is 477 g/mol. The van der Waals surface area contributed by atoms with Crippen LogP contribution in [0, 0.1) is 5.92 Å². The van der Waals surface area contributed by atoms with Crippen LogP contribution in [-0.2, 0) is 13.6 Å². The van der Waals surface area contributed by atoms with Crippen LogP contribution in [0.25, 0.3) is 0 Å². The van der Waals surface area contributed by atoms with Crippen molar-refractivity contribution in [3.05, 3.63) is 0 Å². The first kappa shape index (κ1) is 30.1. The Bertz CT molecular complexity index is 480. The Morgan fingerprint density at radius 3 is 1.66 bits per heavy atom. The van der Waals surface area contributed by atoms with E-state index in [0.717, 1.165) is 42.9 Å². The second kappa shape index (κ2) is 18.4. The van der Waals surface area contributed by atoms with Crippen molar-refractivity contribution >= 4 is 7.82 Å². The van der Waals surface area contributed by atoms with E-state index in [1.54, 1.807) is 0 Å². The summed E-state index contributed by atoms with van der Waals surface area (Å²) in [6, 6.07) is 0. The molecule has 1 aliphatic rings. The summed E-state index contributed by atoms with van der Waals surface area (Å²) in [5, 5.41) is 0. The second-order valence-corrected chi connectivity index (χ2v) is 12.2. The summed E-state index contributed by atoms with van der Waals surface area (Å²) in [5.41, 5.74) is 0. The number of phosphoric acid groups is 1. The highest BCUT2D eigenvalue weighted by Crippen LogP contribution is 2.43. The van der Waals surface area contributed by atoms with Crippen molar-refractivity contribution in [2.24, 2.45) is 5.92 Å². The molecule has 0 aliphatic carbocycles. The largest absolute Gasteiger partial charge is 0.472 e. The molecule has 0 aromatic carbocycles. The van der Waals surface area contributed by atoms with Crippen LogP contribution < -0.4 is 0 Å². The first-order valence-electron chi connectivity index (χ1n) is 13.8. The second-order valence-electron chi connectivity index (χ2n) is 10.8. The lowest BCUT2D eigenvalue weighted by molar-refractivity contribution is -0.914. The van der Waals surface area contributed by atoms with Crippen molar-refractivity contribution in [3.8, 4) is 0 Å². The number of phosphoric ester groups is 1. The molecule has 6 heteroatoms. The van der Waals surface area contributed by atoms with E-state index in [2.05, 4.69) is 20.9 Å². The summed E-state index contributed by atoms with van der Waals surface area (Å²) < 4.78 is 23.3. The van der Waals surface area contributed by atoms with Gasteiger partial charge < -0.3 is 9.38 Å². The lowest BCUT2D eigenvalue weighted by atomic mass is 10.0. The maximum atomic E-state index is 12.0. The molecular weight excluding hydrogens is 421 g/mol. The van der Waals surface area contributed by atoms with Crippen molar-refractivity contribution in [2.45, 2.75) is 123 Å². The molecule has 0 aromatic rings. The number of likely N-dealkylation sites (N-methyl/N-ethyl adjacent to an activating group) is 1. The fourth-order valence-corrected chi connectivity index (χ4v) is 5.44. The Balaban J connectivity index is 1.83. The molecule has 32 heavy (non-hydrogen) atoms. The lowest BCUT2D eigenvalue weighted by Crippen LogP contribution is -2.49. The molecule has 0 saturated carbocycles. The monoisotopic (exact) mass is 476 g/mol. The van der Waals surface area contributed by atoms with E-state index in [9.17, 15) is 9.46 Å². The molecule has 0 radical (unpaired) electrons. The van der Waals surface area contributed by atoms with Gasteiger partial charge in [0, 0.05) is 0 Å². The van der Waals surface area contributed by atoms with Gasteiger partial charge >= 0.3 is 7.82 Å². The molecule has 192 valence electrons. The van der Waals surface area contributed by atoms with Crippen LogP contribution in [0.15, 0.2) is 0 Å². The van der Waals surface area contributed by atoms with Gasteiger partial charge in [-0.05, 0) is 31.6 Å². The number of piperidine rings is 1. The Morgan fingerprint density at radius 2 is 1.16 bits per heavy atom. The summed E-state index contributed by atoms with van der Waals surface area (Å²) in [5.74, 6) is 0.858. The van der Waals surface area contributed by atoms with Gasteiger partial charge in [-0.25, -0.2) is 4.57 Å². The third kappa shape index (κ3) is 17.5. The highest BCUT2D eigenvalue weighted by Gasteiger charge is 2.27. The Hall–Kier alpha value is 0.0700. The van der Waals surface area contributed by atoms with Gasteiger partial charge in [0.1, 0.15) is 13.2 Å². The molecule has 1 N–H and O–H groups in total. The fraction of sp³-hybridized carbons (Fsp3) is 1.00. The predicted molar refractivity (Wildman–Crippen MR) is 136 cm³/mol. The molecule has 1 aliphatic heterocycles. The average Bonchev–Trinajstić information content (AvgIpc) is 2.73. The van der Waals surface area contributed by atoms with Gasteiger partial charge in [0.25, 0.3) is 0 Å². The van der Waals surface area contributed by atoms with Crippen LogP contribution in [0.5, 0.6) is 0 Å². The summed E-state index contributed by atoms with van der Waals surface area (Å²) in [6.45, 7) is 8.30. The maximum absolute atomic E-state index is 12.0. The Morgan fingerprint density at radius 1 is 0.719 bits per heavy atom. The normalized spacial score (nSPS) is 18.2. The maximum Gasteiger partial charge on any atom is 0.472 e. The number of nitrogens with zero attached hydrogens (tertiary/aromatic N) is 1. The van der Waals surface area contributed by atoms with E-state index in [4.69, 9.17) is 9.05 Å². The quantitative estimate of drug-likeness (QED) is 0.104. The molecule has 1 saturated heterocycles. The van der Waals surface area contributed by atoms with Crippen LogP contribution >= 0.6 is 7.82 Å². The van der Waals surface area contributed by atoms with Gasteiger partial charge in [-0.1, -0.05) is 97.3 Å². The van der Waals surface area contributed by atoms with E-state index in [1.807, 2.05) is 0 Å². The summed E-state index contributed by atoms with van der Waals surface area (Å²) in [4.78, 5) is 9.86. The molecule has 0 bridgehead atoms. The summed E-state index contributed by atoms with van der Waals surface area (Å²) in [7, 11) is -1.68. The van der Waals surface area contributed by atoms with Crippen molar-refractivity contribution in [3.63, 3.8) is 0 Å². The molecule has 1 rings (SSSR count). The van der Waals surface area contributed by atoms with Crippen molar-refractivity contribution in [1.29, 1.82) is 0 Å². The Kier molecular flexibility index (Phi) is 17.3. The smallest absolute Gasteiger partial charge is 0.324 e. The zero-order chi connectivity index (χ0) is 23.5. The fourth-order valence-electron chi connectivity index (χ4n) is 4.69. The zero-order valence-electron chi connectivity index (χ0n) is 21.7. The molecule has 1 unspecified atom stereocenters. The summed E-state index contributed by atoms with van der Waals surface area (Å²) >= 11 is 0. The Labute approximate surface area is 199 Å². The molecule has 0 amide bonds. The molecule has 0 aromatic heterocycles. The summed E-state index contributed by atoms with van der Waals surface area (Å²) in [6.07, 6.45) is 22.0. The van der Waals surface area contributed by atoms with Crippen LogP contribution in [0.3, 0.4) is 0 Å². The molecule has 1 heterocycles. The van der Waals surface area contributed by atoms with Gasteiger partial charge in [0.15, 0.2) is 0 Å². The topological polar surface area (TPSA) is 55.8 Å². The van der Waals surface area contributed by atoms with Crippen LogP contribution in [0.1, 0.15) is 123 Å². The van der Waals surface area contributed by atoms with Crippen LogP contribution in [0.2, 0.25) is 0 Å². The van der Waals surface area contributed by atoms with E-state index < -0.39 is 7.82 Å². The minimum atomic E-state index is -3.89. The molecule has 0 spiro atoms. The number of rotatable bonds is 21. The third-order valence-corrected chi connectivity index (χ3v) is 7.98. The van der Waals surface area contributed by atoms with E-state index in [-0.39, 0.29) is 0 Å². The highest BCUT2D eigenvalue weighted by molar-refractivity contribution is 7.47. The lowest BCUT2D eigenvalue weighted by Gasteiger charge is -2.37. The van der Waals surface area contributed by atoms with E-state index in [1.165, 1.54) is 96.3 Å². The first-order valence-corrected chi connectivity index (χ1v) is 15.3. The van der Waals surface area contributed by atoms with Gasteiger partial charge in [0.05, 0.1) is 26.7 Å². The van der Waals surface area contributed by atoms with Gasteiger partial charge in [-0.2, -0.15) is 0 Å². The minimum Gasteiger partial charge on any atom is -0.324 e. The van der Waals surface area contributed by atoms with Crippen LogP contribution in [0.4, 0.5) is 0 Å². The highest BCUT2D eigenvalue weighted by atomic mass is 31.2. The van der Waals surface area contributed by atoms with Crippen LogP contribution in [-0.4, -0.2) is 49.3 Å². The van der Waals surface area contributed by atoms with Gasteiger partial charge in [-0.15, -0.1) is 0 Å². The molecular formula is C26H55NO4P+. The predicted octanol–water partition coefficient (Wildman–Crippen LogP) is 7.87.